The fraction of sp³-hybridized carbons (Fsp3) is 0.750. The van der Waals surface area contributed by atoms with Gasteiger partial charge < -0.3 is 9.29 Å². The van der Waals surface area contributed by atoms with Crippen LogP contribution in [0.3, 0.4) is 0 Å². The molecule has 0 aromatic heterocycles. The van der Waals surface area contributed by atoms with Crippen LogP contribution in [0.2, 0.25) is 0 Å². The summed E-state index contributed by atoms with van der Waals surface area (Å²) < 4.78 is 15.1. The van der Waals surface area contributed by atoms with Gasteiger partial charge >= 0.3 is 5.24 Å². The van der Waals surface area contributed by atoms with Crippen molar-refractivity contribution >= 4 is 16.4 Å². The molecule has 0 aliphatic carbocycles. The second-order valence-corrected chi connectivity index (χ2v) is 2.98. The van der Waals surface area contributed by atoms with E-state index in [0.717, 1.165) is 0 Å². The number of rotatable bonds is 0. The number of amides is 1. The van der Waals surface area contributed by atoms with Crippen molar-refractivity contribution in [1.82, 2.24) is 4.90 Å². The highest BCUT2D eigenvalue weighted by molar-refractivity contribution is 8.05. The van der Waals surface area contributed by atoms with E-state index in [2.05, 4.69) is 4.74 Å². The molecule has 1 aliphatic rings. The van der Waals surface area contributed by atoms with Gasteiger partial charge in [0, 0.05) is 11.2 Å². The molecule has 52 valence electrons. The molecule has 0 radical (unpaired) electrons. The van der Waals surface area contributed by atoms with Crippen molar-refractivity contribution in [3.63, 3.8) is 0 Å². The van der Waals surface area contributed by atoms with Crippen LogP contribution < -0.4 is 0 Å². The third-order valence-electron chi connectivity index (χ3n) is 0.998. The molecule has 0 saturated carbocycles. The van der Waals surface area contributed by atoms with Gasteiger partial charge in [0.25, 0.3) is 0 Å². The van der Waals surface area contributed by atoms with Crippen LogP contribution in [0.5, 0.6) is 0 Å². The number of nitrogens with zero attached hydrogens (tertiary/aromatic N) is 1. The molecule has 0 N–H and O–H groups in total. The fourth-order valence-electron chi connectivity index (χ4n) is 0.470. The molecule has 4 nitrogen and oxygen atoms in total. The van der Waals surface area contributed by atoms with E-state index in [1.54, 1.807) is 0 Å². The number of carbonyl (C=O) groups is 1. The second kappa shape index (κ2) is 2.55. The Bertz CT molecular complexity index is 123. The molecule has 0 aromatic rings. The van der Waals surface area contributed by atoms with Gasteiger partial charge in [-0.3, -0.25) is 4.90 Å². The van der Waals surface area contributed by atoms with Crippen molar-refractivity contribution in [3.05, 3.63) is 0 Å². The molecule has 1 saturated heterocycles. The van der Waals surface area contributed by atoms with E-state index in [9.17, 15) is 9.35 Å². The molecule has 1 rings (SSSR count). The number of hydrogen-bond donors (Lipinski definition) is 0. The van der Waals surface area contributed by atoms with E-state index in [4.69, 9.17) is 0 Å². The Labute approximate surface area is 56.0 Å². The van der Waals surface area contributed by atoms with Crippen molar-refractivity contribution in [1.29, 1.82) is 0 Å². The van der Waals surface area contributed by atoms with E-state index in [1.165, 1.54) is 11.2 Å². The summed E-state index contributed by atoms with van der Waals surface area (Å²) in [6, 6.07) is 0. The van der Waals surface area contributed by atoms with Crippen LogP contribution in [-0.2, 0) is 15.9 Å². The third-order valence-corrected chi connectivity index (χ3v) is 1.75. The Kier molecular flexibility index (Phi) is 1.94. The van der Waals surface area contributed by atoms with Gasteiger partial charge in [-0.2, -0.15) is 0 Å². The summed E-state index contributed by atoms with van der Waals surface area (Å²) in [4.78, 5) is 12.1. The minimum absolute atomic E-state index is 0.290. The Morgan fingerprint density at radius 2 is 2.33 bits per heavy atom. The normalized spacial score (nSPS) is 20.9. The molecule has 1 unspecified atom stereocenters. The molecule has 9 heavy (non-hydrogen) atoms. The molecular weight excluding hydrogens is 142 g/mol. The largest absolute Gasteiger partial charge is 0.608 e. The lowest BCUT2D eigenvalue weighted by Gasteiger charge is -2.28. The molecule has 0 aromatic carbocycles. The molecule has 0 spiro atoms. The predicted molar refractivity (Wildman–Crippen MR) is 32.1 cm³/mol. The minimum atomic E-state index is -1.38. The highest BCUT2D eigenvalue weighted by Gasteiger charge is 2.28. The first-order valence-corrected chi connectivity index (χ1v) is 3.97. The molecule has 0 bridgehead atoms. The lowest BCUT2D eigenvalue weighted by atomic mass is 10.8. The highest BCUT2D eigenvalue weighted by atomic mass is 32.2. The molecule has 1 heterocycles. The minimum Gasteiger partial charge on any atom is -0.608 e. The van der Waals surface area contributed by atoms with Gasteiger partial charge in [0.1, 0.15) is 19.7 Å². The number of carbonyl (C=O) groups excluding carboxylic acids is 1. The SMILES string of the molecule is C[S+]([O-])C(=O)N1COC1. The van der Waals surface area contributed by atoms with Crippen molar-refractivity contribution in [2.24, 2.45) is 0 Å². The smallest absolute Gasteiger partial charge is 0.432 e. The third kappa shape index (κ3) is 1.35. The number of ether oxygens (including phenoxy) is 1. The summed E-state index contributed by atoms with van der Waals surface area (Å²) in [5, 5.41) is -0.346. The van der Waals surface area contributed by atoms with Crippen molar-refractivity contribution < 1.29 is 14.1 Å². The molecule has 1 atom stereocenters. The quantitative estimate of drug-likeness (QED) is 0.445. The van der Waals surface area contributed by atoms with Crippen molar-refractivity contribution in [2.45, 2.75) is 0 Å². The summed E-state index contributed by atoms with van der Waals surface area (Å²) in [6.07, 6.45) is 1.36. The monoisotopic (exact) mass is 149 g/mol. The van der Waals surface area contributed by atoms with E-state index in [-0.39, 0.29) is 5.24 Å². The van der Waals surface area contributed by atoms with Crippen LogP contribution in [0, 0.1) is 0 Å². The Balaban J connectivity index is 2.32. The summed E-state index contributed by atoms with van der Waals surface area (Å²) in [5.41, 5.74) is 0. The van der Waals surface area contributed by atoms with Gasteiger partial charge in [0.2, 0.25) is 0 Å². The van der Waals surface area contributed by atoms with Gasteiger partial charge in [0.05, 0.1) is 0 Å². The Morgan fingerprint density at radius 3 is 2.44 bits per heavy atom. The van der Waals surface area contributed by atoms with E-state index in [1.807, 2.05) is 0 Å². The average Bonchev–Trinajstić information content (AvgIpc) is 1.60. The molecule has 1 aliphatic heterocycles. The zero-order valence-electron chi connectivity index (χ0n) is 4.99. The lowest BCUT2D eigenvalue weighted by molar-refractivity contribution is -0.106. The van der Waals surface area contributed by atoms with Gasteiger partial charge in [-0.25, -0.2) is 4.79 Å². The highest BCUT2D eigenvalue weighted by Crippen LogP contribution is 2.06. The van der Waals surface area contributed by atoms with Crippen LogP contribution in [0.1, 0.15) is 0 Å². The summed E-state index contributed by atoms with van der Waals surface area (Å²) >= 11 is -1.38. The van der Waals surface area contributed by atoms with Crippen LogP contribution >= 0.6 is 0 Å². The topological polar surface area (TPSA) is 52.6 Å². The van der Waals surface area contributed by atoms with Gasteiger partial charge in [-0.1, -0.05) is 0 Å². The standard InChI is InChI=1S/C4H7NO3S/c1-9(7)4(6)5-2-8-3-5/h2-3H2,1H3. The first kappa shape index (κ1) is 6.85. The molecule has 5 heteroatoms. The maximum atomic E-state index is 10.7. The van der Waals surface area contributed by atoms with E-state index < -0.39 is 11.2 Å². The van der Waals surface area contributed by atoms with Gasteiger partial charge in [-0.05, 0) is 0 Å². The molecular formula is C4H7NO3S. The molecule has 1 fully saturated rings. The summed E-state index contributed by atoms with van der Waals surface area (Å²) in [5.74, 6) is 0. The average molecular weight is 149 g/mol. The van der Waals surface area contributed by atoms with Crippen LogP contribution in [-0.4, -0.2) is 34.4 Å². The predicted octanol–water partition coefficient (Wildman–Crippen LogP) is -0.268. The van der Waals surface area contributed by atoms with Crippen LogP contribution in [0.4, 0.5) is 4.79 Å². The van der Waals surface area contributed by atoms with Gasteiger partial charge in [-0.15, -0.1) is 0 Å². The van der Waals surface area contributed by atoms with Crippen molar-refractivity contribution in [2.75, 3.05) is 19.7 Å². The van der Waals surface area contributed by atoms with Gasteiger partial charge in [0.15, 0.2) is 0 Å². The first-order chi connectivity index (χ1) is 4.22. The maximum Gasteiger partial charge on any atom is 0.432 e. The molecule has 1 amide bonds. The fourth-order valence-corrected chi connectivity index (χ4v) is 0.939. The van der Waals surface area contributed by atoms with E-state index >= 15 is 0 Å². The summed E-state index contributed by atoms with van der Waals surface area (Å²) in [6.45, 7) is 0.580. The van der Waals surface area contributed by atoms with E-state index in [0.29, 0.717) is 13.5 Å². The second-order valence-electron chi connectivity index (χ2n) is 1.72. The Morgan fingerprint density at radius 1 is 1.78 bits per heavy atom. The first-order valence-electron chi connectivity index (χ1n) is 2.42. The zero-order valence-corrected chi connectivity index (χ0v) is 5.81. The van der Waals surface area contributed by atoms with Crippen molar-refractivity contribution in [3.8, 4) is 0 Å². The lowest BCUT2D eigenvalue weighted by Crippen LogP contribution is -2.46. The number of hydrogen-bond acceptors (Lipinski definition) is 3. The Hall–Kier alpha value is -0.260. The zero-order chi connectivity index (χ0) is 6.85. The maximum absolute atomic E-state index is 10.7. The van der Waals surface area contributed by atoms with Crippen LogP contribution in [0.25, 0.3) is 0 Å². The summed E-state index contributed by atoms with van der Waals surface area (Å²) in [7, 11) is 0. The van der Waals surface area contributed by atoms with Crippen LogP contribution in [0.15, 0.2) is 0 Å².